The molecule has 0 bridgehead atoms. The molecule has 2 aliphatic rings. The van der Waals surface area contributed by atoms with E-state index >= 15 is 0 Å². The van der Waals surface area contributed by atoms with Gasteiger partial charge in [0.05, 0.1) is 6.04 Å². The number of carbonyl (C=O) groups is 2. The Morgan fingerprint density at radius 2 is 1.70 bits per heavy atom. The van der Waals surface area contributed by atoms with E-state index in [-0.39, 0.29) is 24.5 Å². The number of anilines is 1. The maximum Gasteiger partial charge on any atom is 0.267 e. The van der Waals surface area contributed by atoms with Crippen LogP contribution in [0.4, 0.5) is 5.69 Å². The van der Waals surface area contributed by atoms with Crippen LogP contribution in [0.3, 0.4) is 0 Å². The summed E-state index contributed by atoms with van der Waals surface area (Å²) in [5.41, 5.74) is 0.708. The van der Waals surface area contributed by atoms with E-state index in [0.717, 1.165) is 0 Å². The summed E-state index contributed by atoms with van der Waals surface area (Å²) in [6.45, 7) is 4.39. The van der Waals surface area contributed by atoms with Crippen molar-refractivity contribution in [3.8, 4) is 11.5 Å². The van der Waals surface area contributed by atoms with E-state index in [0.29, 0.717) is 48.4 Å². The first kappa shape index (κ1) is 20.5. The average Bonchev–Trinajstić information content (AvgIpc) is 2.79. The number of carbonyl (C=O) groups excluding carboxylic acids is 2. The molecule has 2 heterocycles. The van der Waals surface area contributed by atoms with Gasteiger partial charge in [0.1, 0.15) is 6.61 Å². The van der Waals surface area contributed by atoms with Crippen LogP contribution in [0, 0.1) is 0 Å². The van der Waals surface area contributed by atoms with Crippen LogP contribution in [0.2, 0.25) is 5.02 Å². The Morgan fingerprint density at radius 3 is 2.40 bits per heavy atom. The lowest BCUT2D eigenvalue weighted by molar-refractivity contribution is -0.143. The summed E-state index contributed by atoms with van der Waals surface area (Å²) < 4.78 is 11.5. The lowest BCUT2D eigenvalue weighted by Gasteiger charge is -2.39. The van der Waals surface area contributed by atoms with E-state index in [4.69, 9.17) is 21.1 Å². The third-order valence-electron chi connectivity index (χ3n) is 5.45. The van der Waals surface area contributed by atoms with Gasteiger partial charge in [-0.1, -0.05) is 23.7 Å². The van der Waals surface area contributed by atoms with Crippen molar-refractivity contribution in [3.63, 3.8) is 0 Å². The highest BCUT2D eigenvalue weighted by Gasteiger charge is 2.34. The van der Waals surface area contributed by atoms with Crippen LogP contribution in [0.1, 0.15) is 6.92 Å². The van der Waals surface area contributed by atoms with Crippen molar-refractivity contribution in [2.45, 2.75) is 19.1 Å². The summed E-state index contributed by atoms with van der Waals surface area (Å²) in [5, 5.41) is 3.53. The number of ether oxygens (including phenoxy) is 2. The molecule has 0 saturated carbocycles. The van der Waals surface area contributed by atoms with Gasteiger partial charge in [0.2, 0.25) is 12.0 Å². The summed E-state index contributed by atoms with van der Waals surface area (Å²) in [6.07, 6.45) is -0.642. The molecule has 7 nitrogen and oxygen atoms in total. The minimum absolute atomic E-state index is 0.0811. The standard InChI is InChI=1S/C22H24ClN3O4/c1-15(21(27)24-17-8-6-16(23)7-9-17)25-10-12-26(13-11-25)22(28)20-14-29-18-4-2-3-5-19(18)30-20/h2-9,15,20H,10-14H2,1H3,(H,24,27). The fraction of sp³-hybridized carbons (Fsp3) is 0.364. The Kier molecular flexibility index (Phi) is 6.11. The molecule has 1 saturated heterocycles. The Morgan fingerprint density at radius 1 is 1.03 bits per heavy atom. The van der Waals surface area contributed by atoms with Gasteiger partial charge in [-0.25, -0.2) is 0 Å². The second-order valence-corrected chi connectivity index (χ2v) is 7.83. The molecule has 2 aromatic rings. The van der Waals surface area contributed by atoms with Gasteiger partial charge < -0.3 is 19.7 Å². The van der Waals surface area contributed by atoms with E-state index in [9.17, 15) is 9.59 Å². The van der Waals surface area contributed by atoms with E-state index in [1.807, 2.05) is 25.1 Å². The molecular formula is C22H24ClN3O4. The van der Waals surface area contributed by atoms with Gasteiger partial charge >= 0.3 is 0 Å². The Bertz CT molecular complexity index is 913. The third-order valence-corrected chi connectivity index (χ3v) is 5.70. The van der Waals surface area contributed by atoms with Gasteiger partial charge in [-0.05, 0) is 43.3 Å². The smallest absolute Gasteiger partial charge is 0.267 e. The zero-order valence-electron chi connectivity index (χ0n) is 16.7. The van der Waals surface area contributed by atoms with Crippen molar-refractivity contribution in [2.75, 3.05) is 38.1 Å². The molecule has 8 heteroatoms. The van der Waals surface area contributed by atoms with Crippen LogP contribution in [0.25, 0.3) is 0 Å². The van der Waals surface area contributed by atoms with Gasteiger partial charge in [0.25, 0.3) is 5.91 Å². The van der Waals surface area contributed by atoms with Crippen LogP contribution in [-0.4, -0.2) is 66.5 Å². The summed E-state index contributed by atoms with van der Waals surface area (Å²) in [6, 6.07) is 14.1. The number of halogens is 1. The molecule has 2 aromatic carbocycles. The lowest BCUT2D eigenvalue weighted by Crippen LogP contribution is -2.57. The summed E-state index contributed by atoms with van der Waals surface area (Å²) >= 11 is 5.88. The van der Waals surface area contributed by atoms with Crippen molar-refractivity contribution >= 4 is 29.1 Å². The van der Waals surface area contributed by atoms with E-state index in [1.54, 1.807) is 35.2 Å². The highest BCUT2D eigenvalue weighted by Crippen LogP contribution is 2.31. The second-order valence-electron chi connectivity index (χ2n) is 7.40. The zero-order valence-corrected chi connectivity index (χ0v) is 17.5. The van der Waals surface area contributed by atoms with Crippen LogP contribution in [0.5, 0.6) is 11.5 Å². The maximum atomic E-state index is 12.9. The number of nitrogens with one attached hydrogen (secondary N) is 1. The maximum absolute atomic E-state index is 12.9. The van der Waals surface area contributed by atoms with Crippen molar-refractivity contribution < 1.29 is 19.1 Å². The number of rotatable bonds is 4. The quantitative estimate of drug-likeness (QED) is 0.809. The lowest BCUT2D eigenvalue weighted by atomic mass is 10.2. The second kappa shape index (κ2) is 8.93. The molecule has 2 unspecified atom stereocenters. The van der Waals surface area contributed by atoms with Gasteiger partial charge in [-0.3, -0.25) is 14.5 Å². The van der Waals surface area contributed by atoms with Gasteiger partial charge in [-0.2, -0.15) is 0 Å². The summed E-state index contributed by atoms with van der Waals surface area (Å²) in [7, 11) is 0. The number of fused-ring (bicyclic) bond motifs is 1. The molecule has 2 atom stereocenters. The van der Waals surface area contributed by atoms with Crippen LogP contribution in [-0.2, 0) is 9.59 Å². The molecule has 1 fully saturated rings. The van der Waals surface area contributed by atoms with Gasteiger partial charge in [0.15, 0.2) is 11.5 Å². The summed E-state index contributed by atoms with van der Waals surface area (Å²) in [4.78, 5) is 29.3. The first-order valence-corrected chi connectivity index (χ1v) is 10.4. The van der Waals surface area contributed by atoms with E-state index in [1.165, 1.54) is 0 Å². The predicted molar refractivity (Wildman–Crippen MR) is 114 cm³/mol. The first-order chi connectivity index (χ1) is 14.5. The molecule has 2 aliphatic heterocycles. The predicted octanol–water partition coefficient (Wildman–Crippen LogP) is 2.65. The monoisotopic (exact) mass is 429 g/mol. The van der Waals surface area contributed by atoms with Gasteiger partial charge in [0, 0.05) is 36.9 Å². The molecule has 158 valence electrons. The fourth-order valence-electron chi connectivity index (χ4n) is 3.62. The number of piperazine rings is 1. The third kappa shape index (κ3) is 4.52. The fourth-order valence-corrected chi connectivity index (χ4v) is 3.75. The molecule has 2 amide bonds. The number of nitrogens with zero attached hydrogens (tertiary/aromatic N) is 2. The summed E-state index contributed by atoms with van der Waals surface area (Å²) in [5.74, 6) is 1.08. The SMILES string of the molecule is CC(C(=O)Nc1ccc(Cl)cc1)N1CCN(C(=O)C2COc3ccccc3O2)CC1. The molecule has 1 N–H and O–H groups in total. The Labute approximate surface area is 180 Å². The number of hydrogen-bond donors (Lipinski definition) is 1. The number of benzene rings is 2. The largest absolute Gasteiger partial charge is 0.485 e. The van der Waals surface area contributed by atoms with E-state index in [2.05, 4.69) is 10.2 Å². The Balaban J connectivity index is 1.28. The minimum atomic E-state index is -0.642. The van der Waals surface area contributed by atoms with Crippen LogP contribution >= 0.6 is 11.6 Å². The number of para-hydroxylation sites is 2. The minimum Gasteiger partial charge on any atom is -0.485 e. The van der Waals surface area contributed by atoms with Crippen molar-refractivity contribution in [3.05, 3.63) is 53.6 Å². The van der Waals surface area contributed by atoms with E-state index < -0.39 is 6.10 Å². The van der Waals surface area contributed by atoms with Crippen molar-refractivity contribution in [1.29, 1.82) is 0 Å². The molecule has 30 heavy (non-hydrogen) atoms. The Hall–Kier alpha value is -2.77. The average molecular weight is 430 g/mol. The number of amides is 2. The molecule has 4 rings (SSSR count). The number of hydrogen-bond acceptors (Lipinski definition) is 5. The molecule has 0 radical (unpaired) electrons. The topological polar surface area (TPSA) is 71.1 Å². The molecule has 0 spiro atoms. The molecular weight excluding hydrogens is 406 g/mol. The highest BCUT2D eigenvalue weighted by atomic mass is 35.5. The highest BCUT2D eigenvalue weighted by molar-refractivity contribution is 6.30. The van der Waals surface area contributed by atoms with Crippen LogP contribution in [0.15, 0.2) is 48.5 Å². The van der Waals surface area contributed by atoms with Crippen molar-refractivity contribution in [2.24, 2.45) is 0 Å². The normalized spacial score (nSPS) is 19.8. The first-order valence-electron chi connectivity index (χ1n) is 9.99. The van der Waals surface area contributed by atoms with Crippen LogP contribution < -0.4 is 14.8 Å². The zero-order chi connectivity index (χ0) is 21.1. The van der Waals surface area contributed by atoms with Crippen molar-refractivity contribution in [1.82, 2.24) is 9.80 Å². The van der Waals surface area contributed by atoms with Gasteiger partial charge in [-0.15, -0.1) is 0 Å². The molecule has 0 aliphatic carbocycles. The molecule has 0 aromatic heterocycles.